The van der Waals surface area contributed by atoms with Gasteiger partial charge in [-0.2, -0.15) is 5.10 Å². The Labute approximate surface area is 137 Å². The van der Waals surface area contributed by atoms with Gasteiger partial charge in [0.1, 0.15) is 0 Å². The molecular weight excluding hydrogens is 350 g/mol. The van der Waals surface area contributed by atoms with Gasteiger partial charge in [0.2, 0.25) is 5.91 Å². The number of carbonyl (C=O) groups is 1. The van der Waals surface area contributed by atoms with Crippen LogP contribution in [-0.2, 0) is 11.8 Å². The van der Waals surface area contributed by atoms with Crippen LogP contribution in [0.5, 0.6) is 0 Å². The normalized spacial score (nSPS) is 12.2. The highest BCUT2D eigenvalue weighted by molar-refractivity contribution is 9.10. The maximum absolute atomic E-state index is 12.4. The molecular formula is C15H18BrN3OS. The van der Waals surface area contributed by atoms with Crippen molar-refractivity contribution in [2.75, 3.05) is 5.32 Å². The predicted octanol–water partition coefficient (Wildman–Crippen LogP) is 3.92. The van der Waals surface area contributed by atoms with E-state index in [0.717, 1.165) is 26.4 Å². The van der Waals surface area contributed by atoms with Gasteiger partial charge in [0.25, 0.3) is 0 Å². The lowest BCUT2D eigenvalue weighted by Gasteiger charge is -2.13. The third-order valence-corrected chi connectivity index (χ3v) is 5.40. The maximum Gasteiger partial charge on any atom is 0.237 e. The lowest BCUT2D eigenvalue weighted by Crippen LogP contribution is -2.23. The van der Waals surface area contributed by atoms with Gasteiger partial charge >= 0.3 is 0 Å². The summed E-state index contributed by atoms with van der Waals surface area (Å²) in [5, 5.41) is 7.10. The summed E-state index contributed by atoms with van der Waals surface area (Å²) < 4.78 is 2.78. The molecule has 1 N–H and O–H groups in total. The molecule has 0 aliphatic heterocycles. The van der Waals surface area contributed by atoms with Crippen LogP contribution >= 0.6 is 27.7 Å². The van der Waals surface area contributed by atoms with Gasteiger partial charge < -0.3 is 5.32 Å². The zero-order valence-corrected chi connectivity index (χ0v) is 14.9. The second-order valence-electron chi connectivity index (χ2n) is 4.85. The molecule has 1 aromatic carbocycles. The van der Waals surface area contributed by atoms with Crippen LogP contribution in [0.4, 0.5) is 5.69 Å². The Balaban J connectivity index is 2.08. The van der Waals surface area contributed by atoms with E-state index in [1.807, 2.05) is 52.1 Å². The number of halogens is 1. The predicted molar refractivity (Wildman–Crippen MR) is 90.8 cm³/mol. The second-order valence-corrected chi connectivity index (χ2v) is 7.09. The molecule has 0 saturated heterocycles. The smallest absolute Gasteiger partial charge is 0.237 e. The number of nitrogens with zero attached hydrogens (tertiary/aromatic N) is 2. The highest BCUT2D eigenvalue weighted by Crippen LogP contribution is 2.31. The number of aryl methyl sites for hydroxylation is 2. The fraction of sp³-hybridized carbons (Fsp3) is 0.333. The summed E-state index contributed by atoms with van der Waals surface area (Å²) in [5.74, 6) is -0.0186. The Kier molecular flexibility index (Phi) is 5.11. The molecule has 2 rings (SSSR count). The van der Waals surface area contributed by atoms with E-state index >= 15 is 0 Å². The van der Waals surface area contributed by atoms with Gasteiger partial charge in [0.15, 0.2) is 0 Å². The van der Waals surface area contributed by atoms with Crippen molar-refractivity contribution in [2.45, 2.75) is 30.9 Å². The van der Waals surface area contributed by atoms with E-state index < -0.39 is 0 Å². The van der Waals surface area contributed by atoms with Crippen LogP contribution in [0.3, 0.4) is 0 Å². The van der Waals surface area contributed by atoms with E-state index in [1.54, 1.807) is 4.68 Å². The molecule has 21 heavy (non-hydrogen) atoms. The number of aromatic nitrogens is 2. The Morgan fingerprint density at radius 3 is 2.62 bits per heavy atom. The van der Waals surface area contributed by atoms with Gasteiger partial charge in [0, 0.05) is 16.4 Å². The van der Waals surface area contributed by atoms with E-state index in [-0.39, 0.29) is 11.2 Å². The van der Waals surface area contributed by atoms with Crippen molar-refractivity contribution < 1.29 is 4.79 Å². The Bertz CT molecular complexity index is 669. The monoisotopic (exact) mass is 367 g/mol. The Morgan fingerprint density at radius 2 is 2.05 bits per heavy atom. The van der Waals surface area contributed by atoms with Gasteiger partial charge in [0.05, 0.1) is 22.3 Å². The van der Waals surface area contributed by atoms with Crippen molar-refractivity contribution in [3.8, 4) is 0 Å². The van der Waals surface area contributed by atoms with Crippen molar-refractivity contribution in [2.24, 2.45) is 7.05 Å². The molecule has 1 heterocycles. The third-order valence-electron chi connectivity index (χ3n) is 3.27. The standard InChI is InChI=1S/C15H18BrN3OS/c1-9-14(10(2)19(4)18-9)17-15(20)11(3)21-13-8-6-5-7-12(13)16/h5-8,11H,1-4H3,(H,17,20). The molecule has 1 unspecified atom stereocenters. The van der Waals surface area contributed by atoms with Crippen LogP contribution in [0.25, 0.3) is 0 Å². The molecule has 0 radical (unpaired) electrons. The summed E-state index contributed by atoms with van der Waals surface area (Å²) in [6.45, 7) is 5.75. The molecule has 2 aromatic rings. The largest absolute Gasteiger partial charge is 0.322 e. The number of hydrogen-bond acceptors (Lipinski definition) is 3. The van der Waals surface area contributed by atoms with Crippen molar-refractivity contribution >= 4 is 39.3 Å². The number of thioether (sulfide) groups is 1. The fourth-order valence-corrected chi connectivity index (χ4v) is 3.41. The fourth-order valence-electron chi connectivity index (χ4n) is 1.96. The van der Waals surface area contributed by atoms with Crippen LogP contribution < -0.4 is 5.32 Å². The molecule has 0 spiro atoms. The van der Waals surface area contributed by atoms with Crippen LogP contribution in [-0.4, -0.2) is 20.9 Å². The lowest BCUT2D eigenvalue weighted by molar-refractivity contribution is -0.115. The van der Waals surface area contributed by atoms with Crippen LogP contribution in [0.15, 0.2) is 33.6 Å². The van der Waals surface area contributed by atoms with Crippen molar-refractivity contribution in [3.05, 3.63) is 40.1 Å². The summed E-state index contributed by atoms with van der Waals surface area (Å²) in [7, 11) is 1.87. The molecule has 112 valence electrons. The molecule has 0 bridgehead atoms. The van der Waals surface area contributed by atoms with Crippen molar-refractivity contribution in [3.63, 3.8) is 0 Å². The minimum Gasteiger partial charge on any atom is -0.322 e. The number of nitrogens with one attached hydrogen (secondary N) is 1. The topological polar surface area (TPSA) is 46.9 Å². The molecule has 6 heteroatoms. The Morgan fingerprint density at radius 1 is 1.38 bits per heavy atom. The molecule has 0 aliphatic rings. The molecule has 1 aromatic heterocycles. The number of amides is 1. The van der Waals surface area contributed by atoms with Gasteiger partial charge in [-0.3, -0.25) is 9.48 Å². The average molecular weight is 368 g/mol. The average Bonchev–Trinajstić information content (AvgIpc) is 2.67. The first-order valence-corrected chi connectivity index (χ1v) is 8.29. The van der Waals surface area contributed by atoms with E-state index in [2.05, 4.69) is 26.3 Å². The minimum absolute atomic E-state index is 0.0186. The molecule has 0 saturated carbocycles. The van der Waals surface area contributed by atoms with Gasteiger partial charge in [-0.1, -0.05) is 12.1 Å². The number of rotatable bonds is 4. The number of benzene rings is 1. The third kappa shape index (κ3) is 3.68. The van der Waals surface area contributed by atoms with Crippen LogP contribution in [0, 0.1) is 13.8 Å². The molecule has 4 nitrogen and oxygen atoms in total. The number of anilines is 1. The lowest BCUT2D eigenvalue weighted by atomic mass is 10.3. The summed E-state index contributed by atoms with van der Waals surface area (Å²) >= 11 is 5.03. The van der Waals surface area contributed by atoms with Crippen LogP contribution in [0.2, 0.25) is 0 Å². The molecule has 0 fully saturated rings. The SMILES string of the molecule is Cc1nn(C)c(C)c1NC(=O)C(C)Sc1ccccc1Br. The Hall–Kier alpha value is -1.27. The number of carbonyl (C=O) groups excluding carboxylic acids is 1. The first-order chi connectivity index (χ1) is 9.90. The highest BCUT2D eigenvalue weighted by atomic mass is 79.9. The minimum atomic E-state index is -0.192. The first-order valence-electron chi connectivity index (χ1n) is 6.62. The van der Waals surface area contributed by atoms with E-state index in [4.69, 9.17) is 0 Å². The molecule has 1 atom stereocenters. The zero-order valence-electron chi connectivity index (χ0n) is 12.5. The van der Waals surface area contributed by atoms with E-state index in [1.165, 1.54) is 11.8 Å². The molecule has 0 aliphatic carbocycles. The van der Waals surface area contributed by atoms with Gasteiger partial charge in [-0.25, -0.2) is 0 Å². The van der Waals surface area contributed by atoms with Gasteiger partial charge in [-0.05, 0) is 48.8 Å². The summed E-state index contributed by atoms with van der Waals surface area (Å²) in [6, 6.07) is 7.90. The summed E-state index contributed by atoms with van der Waals surface area (Å²) in [5.41, 5.74) is 2.60. The van der Waals surface area contributed by atoms with Crippen LogP contribution in [0.1, 0.15) is 18.3 Å². The van der Waals surface area contributed by atoms with Crippen molar-refractivity contribution in [1.29, 1.82) is 0 Å². The molecule has 1 amide bonds. The maximum atomic E-state index is 12.4. The van der Waals surface area contributed by atoms with Gasteiger partial charge in [-0.15, -0.1) is 11.8 Å². The highest BCUT2D eigenvalue weighted by Gasteiger charge is 2.19. The van der Waals surface area contributed by atoms with E-state index in [9.17, 15) is 4.79 Å². The quantitative estimate of drug-likeness (QED) is 0.833. The number of hydrogen-bond donors (Lipinski definition) is 1. The summed E-state index contributed by atoms with van der Waals surface area (Å²) in [4.78, 5) is 13.4. The first kappa shape index (κ1) is 16.1. The second kappa shape index (κ2) is 6.66. The summed E-state index contributed by atoms with van der Waals surface area (Å²) in [6.07, 6.45) is 0. The van der Waals surface area contributed by atoms with Crippen molar-refractivity contribution in [1.82, 2.24) is 9.78 Å². The zero-order chi connectivity index (χ0) is 15.6. The van der Waals surface area contributed by atoms with E-state index in [0.29, 0.717) is 0 Å².